The Labute approximate surface area is 155 Å². The summed E-state index contributed by atoms with van der Waals surface area (Å²) in [5.41, 5.74) is 5.08. The Morgan fingerprint density at radius 1 is 1.19 bits per heavy atom. The minimum atomic E-state index is -0.891. The van der Waals surface area contributed by atoms with Crippen LogP contribution in [0.1, 0.15) is 46.5 Å². The Morgan fingerprint density at radius 2 is 1.85 bits per heavy atom. The number of ether oxygens (including phenoxy) is 1. The number of nitrogens with two attached hydrogens (primary N) is 1. The van der Waals surface area contributed by atoms with Crippen molar-refractivity contribution in [2.45, 2.75) is 58.1 Å². The lowest BCUT2D eigenvalue weighted by atomic mass is 10.1. The van der Waals surface area contributed by atoms with Crippen LogP contribution in [0.25, 0.3) is 0 Å². The van der Waals surface area contributed by atoms with Crippen LogP contribution in [0.15, 0.2) is 12.2 Å². The van der Waals surface area contributed by atoms with Crippen molar-refractivity contribution >= 4 is 24.1 Å². The molecule has 0 rings (SSSR count). The van der Waals surface area contributed by atoms with Crippen LogP contribution in [0, 0.1) is 0 Å². The highest BCUT2D eigenvalue weighted by atomic mass is 16.6. The van der Waals surface area contributed by atoms with Crippen molar-refractivity contribution in [1.29, 1.82) is 0 Å². The Bertz CT molecular complexity index is 511. The van der Waals surface area contributed by atoms with Crippen molar-refractivity contribution in [3.63, 3.8) is 0 Å². The summed E-state index contributed by atoms with van der Waals surface area (Å²) in [5, 5.41) is 2.62. The van der Waals surface area contributed by atoms with Gasteiger partial charge in [0.25, 0.3) is 0 Å². The summed E-state index contributed by atoms with van der Waals surface area (Å²) in [6, 6.07) is -0.891. The molecule has 26 heavy (non-hydrogen) atoms. The predicted molar refractivity (Wildman–Crippen MR) is 98.1 cm³/mol. The van der Waals surface area contributed by atoms with Gasteiger partial charge < -0.3 is 20.7 Å². The van der Waals surface area contributed by atoms with Crippen LogP contribution in [0.2, 0.25) is 0 Å². The van der Waals surface area contributed by atoms with Gasteiger partial charge in [-0.15, -0.1) is 0 Å². The van der Waals surface area contributed by atoms with Crippen LogP contribution in [0.3, 0.4) is 0 Å². The summed E-state index contributed by atoms with van der Waals surface area (Å²) in [4.78, 5) is 46.7. The predicted octanol–water partition coefficient (Wildman–Crippen LogP) is 0.546. The van der Waals surface area contributed by atoms with Crippen LogP contribution >= 0.6 is 0 Å². The topological polar surface area (TPSA) is 119 Å². The van der Waals surface area contributed by atoms with E-state index in [0.29, 0.717) is 25.7 Å². The Balaban J connectivity index is 3.87. The molecule has 0 radical (unpaired) electrons. The molecule has 2 amide bonds. The number of esters is 1. The average molecular weight is 369 g/mol. The number of allylic oxidation sites excluding steroid dienone is 1. The van der Waals surface area contributed by atoms with E-state index in [1.54, 1.807) is 27.8 Å². The number of carbonyl (C=O) groups excluding carboxylic acids is 4. The fourth-order valence-corrected chi connectivity index (χ4v) is 1.94. The number of hydrogen-bond donors (Lipinski definition) is 2. The summed E-state index contributed by atoms with van der Waals surface area (Å²) in [5.74, 6) is -0.956. The minimum Gasteiger partial charge on any atom is -0.459 e. The van der Waals surface area contributed by atoms with Gasteiger partial charge in [-0.1, -0.05) is 6.42 Å². The summed E-state index contributed by atoms with van der Waals surface area (Å²) < 4.78 is 5.14. The largest absolute Gasteiger partial charge is 0.459 e. The molecule has 1 unspecified atom stereocenters. The van der Waals surface area contributed by atoms with Gasteiger partial charge in [0.1, 0.15) is 17.9 Å². The summed E-state index contributed by atoms with van der Waals surface area (Å²) in [6.07, 6.45) is 5.45. The third kappa shape index (κ3) is 12.2. The first kappa shape index (κ1) is 23.8. The Hall–Kier alpha value is -2.22. The van der Waals surface area contributed by atoms with E-state index in [-0.39, 0.29) is 18.4 Å². The van der Waals surface area contributed by atoms with Gasteiger partial charge >= 0.3 is 5.97 Å². The molecular formula is C18H31N3O5. The van der Waals surface area contributed by atoms with Gasteiger partial charge in [0.15, 0.2) is 0 Å². The maximum absolute atomic E-state index is 11.8. The number of aldehydes is 1. The van der Waals surface area contributed by atoms with Crippen LogP contribution in [0.4, 0.5) is 0 Å². The second kappa shape index (κ2) is 12.2. The molecule has 0 bridgehead atoms. The fourth-order valence-electron chi connectivity index (χ4n) is 1.94. The lowest BCUT2D eigenvalue weighted by Crippen LogP contribution is -2.45. The summed E-state index contributed by atoms with van der Waals surface area (Å²) >= 11 is 0. The van der Waals surface area contributed by atoms with Gasteiger partial charge in [0.2, 0.25) is 11.8 Å². The highest BCUT2D eigenvalue weighted by Crippen LogP contribution is 2.07. The monoisotopic (exact) mass is 369 g/mol. The Kier molecular flexibility index (Phi) is 11.1. The van der Waals surface area contributed by atoms with Crippen LogP contribution in [0.5, 0.6) is 0 Å². The SMILES string of the molecule is CN(CCCCCC(=O)NCC(N)C(=O)OC(C)(C)C)C(=O)/C=C\C=O. The van der Waals surface area contributed by atoms with E-state index in [9.17, 15) is 19.2 Å². The quantitative estimate of drug-likeness (QED) is 0.237. The number of hydrogen-bond acceptors (Lipinski definition) is 6. The number of unbranched alkanes of at least 4 members (excludes halogenated alkanes) is 2. The number of nitrogens with zero attached hydrogens (tertiary/aromatic N) is 1. The van der Waals surface area contributed by atoms with Gasteiger partial charge in [0, 0.05) is 32.6 Å². The molecule has 8 nitrogen and oxygen atoms in total. The third-order valence-corrected chi connectivity index (χ3v) is 3.32. The lowest BCUT2D eigenvalue weighted by molar-refractivity contribution is -0.156. The molecule has 8 heteroatoms. The zero-order valence-corrected chi connectivity index (χ0v) is 16.1. The van der Waals surface area contributed by atoms with E-state index in [1.165, 1.54) is 11.0 Å². The smallest absolute Gasteiger partial charge is 0.325 e. The standard InChI is InChI=1S/C18H31N3O5/c1-18(2,3)26-17(25)14(19)13-20-15(23)9-6-5-7-11-21(4)16(24)10-8-12-22/h8,10,12,14H,5-7,9,11,13,19H2,1-4H3,(H,20,23)/b10-8-. The van der Waals surface area contributed by atoms with Gasteiger partial charge in [0.05, 0.1) is 0 Å². The molecule has 0 aliphatic heterocycles. The van der Waals surface area contributed by atoms with E-state index in [4.69, 9.17) is 10.5 Å². The van der Waals surface area contributed by atoms with Crippen molar-refractivity contribution in [3.8, 4) is 0 Å². The van der Waals surface area contributed by atoms with Gasteiger partial charge in [-0.05, 0) is 39.7 Å². The van der Waals surface area contributed by atoms with E-state index in [0.717, 1.165) is 18.9 Å². The molecule has 3 N–H and O–H groups in total. The zero-order chi connectivity index (χ0) is 20.2. The molecule has 0 aliphatic carbocycles. The van der Waals surface area contributed by atoms with Crippen molar-refractivity contribution in [1.82, 2.24) is 10.2 Å². The van der Waals surface area contributed by atoms with Crippen molar-refractivity contribution in [2.24, 2.45) is 5.73 Å². The fraction of sp³-hybridized carbons (Fsp3) is 0.667. The van der Waals surface area contributed by atoms with E-state index < -0.39 is 17.6 Å². The molecule has 0 aromatic carbocycles. The highest BCUT2D eigenvalue weighted by Gasteiger charge is 2.22. The molecular weight excluding hydrogens is 338 g/mol. The molecule has 0 aliphatic rings. The summed E-state index contributed by atoms with van der Waals surface area (Å²) in [7, 11) is 1.66. The van der Waals surface area contributed by atoms with Crippen LogP contribution in [-0.4, -0.2) is 60.7 Å². The molecule has 0 heterocycles. The maximum Gasteiger partial charge on any atom is 0.325 e. The van der Waals surface area contributed by atoms with Crippen molar-refractivity contribution in [2.75, 3.05) is 20.1 Å². The van der Waals surface area contributed by atoms with E-state index >= 15 is 0 Å². The third-order valence-electron chi connectivity index (χ3n) is 3.32. The lowest BCUT2D eigenvalue weighted by Gasteiger charge is -2.22. The maximum atomic E-state index is 11.8. The van der Waals surface area contributed by atoms with Gasteiger partial charge in [-0.3, -0.25) is 19.2 Å². The number of rotatable bonds is 11. The number of likely N-dealkylation sites (N-methyl/N-ethyl adjacent to an activating group) is 1. The Morgan fingerprint density at radius 3 is 2.42 bits per heavy atom. The average Bonchev–Trinajstić information content (AvgIpc) is 2.55. The van der Waals surface area contributed by atoms with E-state index in [1.807, 2.05) is 0 Å². The number of amides is 2. The first-order chi connectivity index (χ1) is 12.1. The van der Waals surface area contributed by atoms with Gasteiger partial charge in [-0.25, -0.2) is 0 Å². The first-order valence-corrected chi connectivity index (χ1v) is 8.69. The van der Waals surface area contributed by atoms with Crippen LogP contribution < -0.4 is 11.1 Å². The molecule has 0 spiro atoms. The molecule has 0 aromatic rings. The molecule has 148 valence electrons. The highest BCUT2D eigenvalue weighted by molar-refractivity contribution is 5.90. The molecule has 0 saturated heterocycles. The number of carbonyl (C=O) groups is 4. The van der Waals surface area contributed by atoms with E-state index in [2.05, 4.69) is 5.32 Å². The van der Waals surface area contributed by atoms with Gasteiger partial charge in [-0.2, -0.15) is 0 Å². The zero-order valence-electron chi connectivity index (χ0n) is 16.1. The van der Waals surface area contributed by atoms with Crippen molar-refractivity contribution < 1.29 is 23.9 Å². The minimum absolute atomic E-state index is 0.0358. The molecule has 0 aromatic heterocycles. The molecule has 0 saturated carbocycles. The van der Waals surface area contributed by atoms with Crippen LogP contribution in [-0.2, 0) is 23.9 Å². The molecule has 0 fully saturated rings. The number of nitrogens with one attached hydrogen (secondary N) is 1. The normalized spacial score (nSPS) is 12.5. The van der Waals surface area contributed by atoms with Crippen molar-refractivity contribution in [3.05, 3.63) is 12.2 Å². The first-order valence-electron chi connectivity index (χ1n) is 8.69. The second-order valence-corrected chi connectivity index (χ2v) is 7.01. The molecule has 1 atom stereocenters. The summed E-state index contributed by atoms with van der Waals surface area (Å²) in [6.45, 7) is 5.83. The second-order valence-electron chi connectivity index (χ2n) is 7.01.